The molecule has 2 aromatic rings. The first kappa shape index (κ1) is 11.4. The van der Waals surface area contributed by atoms with Gasteiger partial charge in [0, 0.05) is 9.92 Å². The van der Waals surface area contributed by atoms with Crippen LogP contribution in [0, 0.1) is 0 Å². The van der Waals surface area contributed by atoms with Crippen LogP contribution in [0.1, 0.15) is 5.56 Å². The van der Waals surface area contributed by atoms with E-state index in [1.807, 2.05) is 30.3 Å². The second kappa shape index (κ2) is 5.28. The summed E-state index contributed by atoms with van der Waals surface area (Å²) in [5.74, 6) is 0.544. The smallest absolute Gasteiger partial charge is 0.0574 e. The molecule has 3 heteroatoms. The normalized spacial score (nSPS) is 12.3. The van der Waals surface area contributed by atoms with E-state index in [1.54, 1.807) is 24.3 Å². The summed E-state index contributed by atoms with van der Waals surface area (Å²) in [7, 11) is -1.00. The largest absolute Gasteiger partial charge is 0.254 e. The van der Waals surface area contributed by atoms with Crippen LogP contribution in [0.3, 0.4) is 0 Å². The van der Waals surface area contributed by atoms with E-state index in [0.29, 0.717) is 10.8 Å². The topological polar surface area (TPSA) is 17.1 Å². The third-order valence-electron chi connectivity index (χ3n) is 2.22. The van der Waals surface area contributed by atoms with Crippen LogP contribution in [-0.4, -0.2) is 4.21 Å². The zero-order valence-corrected chi connectivity index (χ0v) is 10.2. The van der Waals surface area contributed by atoms with Gasteiger partial charge < -0.3 is 0 Å². The van der Waals surface area contributed by atoms with Crippen LogP contribution in [-0.2, 0) is 16.6 Å². The van der Waals surface area contributed by atoms with E-state index < -0.39 is 10.8 Å². The van der Waals surface area contributed by atoms with Gasteiger partial charge in [0.25, 0.3) is 0 Å². The van der Waals surface area contributed by atoms with Crippen molar-refractivity contribution in [1.29, 1.82) is 0 Å². The quantitative estimate of drug-likeness (QED) is 0.813. The first-order valence-corrected chi connectivity index (χ1v) is 6.63. The summed E-state index contributed by atoms with van der Waals surface area (Å²) in [5, 5.41) is 0.667. The molecular formula is C13H11ClOS. The van der Waals surface area contributed by atoms with E-state index in [1.165, 1.54) is 0 Å². The van der Waals surface area contributed by atoms with Crippen LogP contribution in [0.5, 0.6) is 0 Å². The maximum atomic E-state index is 12.0. The van der Waals surface area contributed by atoms with Gasteiger partial charge >= 0.3 is 0 Å². The summed E-state index contributed by atoms with van der Waals surface area (Å²) in [6.45, 7) is 0. The van der Waals surface area contributed by atoms with Crippen molar-refractivity contribution in [3.8, 4) is 0 Å². The summed E-state index contributed by atoms with van der Waals surface area (Å²) < 4.78 is 12.0. The minimum absolute atomic E-state index is 0.544. The Morgan fingerprint density at radius 1 is 0.938 bits per heavy atom. The molecule has 0 saturated heterocycles. The molecule has 0 aromatic heterocycles. The van der Waals surface area contributed by atoms with Gasteiger partial charge in [-0.3, -0.25) is 4.21 Å². The summed E-state index contributed by atoms with van der Waals surface area (Å²) in [6.07, 6.45) is 0. The van der Waals surface area contributed by atoms with Crippen molar-refractivity contribution in [1.82, 2.24) is 0 Å². The maximum Gasteiger partial charge on any atom is 0.0574 e. The zero-order valence-electron chi connectivity index (χ0n) is 8.60. The highest BCUT2D eigenvalue weighted by Crippen LogP contribution is 2.15. The molecule has 0 spiro atoms. The predicted molar refractivity (Wildman–Crippen MR) is 68.0 cm³/mol. The van der Waals surface area contributed by atoms with Gasteiger partial charge in [0.05, 0.1) is 16.6 Å². The zero-order chi connectivity index (χ0) is 11.4. The Labute approximate surface area is 103 Å². The molecule has 0 amide bonds. The van der Waals surface area contributed by atoms with Crippen LogP contribution >= 0.6 is 11.6 Å². The van der Waals surface area contributed by atoms with Gasteiger partial charge in [-0.1, -0.05) is 41.9 Å². The minimum atomic E-state index is -1.00. The van der Waals surface area contributed by atoms with Gasteiger partial charge in [0.2, 0.25) is 0 Å². The summed E-state index contributed by atoms with van der Waals surface area (Å²) in [4.78, 5) is 0.813. The minimum Gasteiger partial charge on any atom is -0.254 e. The standard InChI is InChI=1S/C13H11ClOS/c14-12-6-8-13(9-7-12)16(15)10-11-4-2-1-3-5-11/h1-9H,10H2. The molecular weight excluding hydrogens is 240 g/mol. The second-order valence-electron chi connectivity index (χ2n) is 3.43. The fourth-order valence-corrected chi connectivity index (χ4v) is 2.62. The van der Waals surface area contributed by atoms with Gasteiger partial charge in [-0.15, -0.1) is 0 Å². The molecule has 0 bridgehead atoms. The van der Waals surface area contributed by atoms with E-state index in [-0.39, 0.29) is 0 Å². The molecule has 0 heterocycles. The lowest BCUT2D eigenvalue weighted by Crippen LogP contribution is -1.95. The predicted octanol–water partition coefficient (Wildman–Crippen LogP) is 3.65. The number of halogens is 1. The van der Waals surface area contributed by atoms with E-state index in [4.69, 9.17) is 11.6 Å². The molecule has 0 saturated carbocycles. The van der Waals surface area contributed by atoms with Crippen LogP contribution in [0.2, 0.25) is 5.02 Å². The highest BCUT2D eigenvalue weighted by Gasteiger charge is 2.04. The molecule has 0 aliphatic heterocycles. The molecule has 0 aliphatic carbocycles. The Morgan fingerprint density at radius 2 is 1.56 bits per heavy atom. The fourth-order valence-electron chi connectivity index (χ4n) is 1.40. The Hall–Kier alpha value is -1.12. The molecule has 0 aliphatic rings. The molecule has 2 rings (SSSR count). The molecule has 1 nitrogen and oxygen atoms in total. The molecule has 2 aromatic carbocycles. The summed E-state index contributed by atoms with van der Waals surface area (Å²) >= 11 is 5.78. The Bertz CT molecular complexity index is 479. The van der Waals surface area contributed by atoms with Crippen molar-refractivity contribution >= 4 is 22.4 Å². The van der Waals surface area contributed by atoms with E-state index in [2.05, 4.69) is 0 Å². The molecule has 1 unspecified atom stereocenters. The molecule has 16 heavy (non-hydrogen) atoms. The molecule has 0 N–H and O–H groups in total. The second-order valence-corrected chi connectivity index (χ2v) is 5.32. The lowest BCUT2D eigenvalue weighted by Gasteiger charge is -2.02. The molecule has 0 fully saturated rings. The Balaban J connectivity index is 2.12. The third kappa shape index (κ3) is 2.94. The molecule has 0 radical (unpaired) electrons. The average Bonchev–Trinajstić information content (AvgIpc) is 2.31. The highest BCUT2D eigenvalue weighted by atomic mass is 35.5. The van der Waals surface area contributed by atoms with Crippen molar-refractivity contribution in [3.63, 3.8) is 0 Å². The van der Waals surface area contributed by atoms with E-state index >= 15 is 0 Å². The van der Waals surface area contributed by atoms with Crippen molar-refractivity contribution in [2.24, 2.45) is 0 Å². The number of rotatable bonds is 3. The monoisotopic (exact) mass is 250 g/mol. The van der Waals surface area contributed by atoms with Crippen LogP contribution in [0.25, 0.3) is 0 Å². The lowest BCUT2D eigenvalue weighted by atomic mass is 10.2. The first-order chi connectivity index (χ1) is 7.75. The highest BCUT2D eigenvalue weighted by molar-refractivity contribution is 7.84. The van der Waals surface area contributed by atoms with Crippen LogP contribution < -0.4 is 0 Å². The van der Waals surface area contributed by atoms with Crippen molar-refractivity contribution in [3.05, 3.63) is 65.2 Å². The SMILES string of the molecule is O=S(Cc1ccccc1)c1ccc(Cl)cc1. The van der Waals surface area contributed by atoms with Crippen LogP contribution in [0.15, 0.2) is 59.5 Å². The van der Waals surface area contributed by atoms with Crippen molar-refractivity contribution < 1.29 is 4.21 Å². The van der Waals surface area contributed by atoms with Gasteiger partial charge in [-0.25, -0.2) is 0 Å². The van der Waals surface area contributed by atoms with Crippen molar-refractivity contribution in [2.75, 3.05) is 0 Å². The molecule has 82 valence electrons. The third-order valence-corrected chi connectivity index (χ3v) is 3.86. The number of benzene rings is 2. The van der Waals surface area contributed by atoms with Gasteiger partial charge in [0.1, 0.15) is 0 Å². The van der Waals surface area contributed by atoms with E-state index in [0.717, 1.165) is 10.5 Å². The average molecular weight is 251 g/mol. The number of hydrogen-bond acceptors (Lipinski definition) is 1. The Kier molecular flexibility index (Phi) is 3.75. The maximum absolute atomic E-state index is 12.0. The van der Waals surface area contributed by atoms with Crippen LogP contribution in [0.4, 0.5) is 0 Å². The van der Waals surface area contributed by atoms with Crippen molar-refractivity contribution in [2.45, 2.75) is 10.6 Å². The van der Waals surface area contributed by atoms with Gasteiger partial charge in [0.15, 0.2) is 0 Å². The molecule has 1 atom stereocenters. The van der Waals surface area contributed by atoms with Gasteiger partial charge in [-0.2, -0.15) is 0 Å². The summed E-state index contributed by atoms with van der Waals surface area (Å²) in [6, 6.07) is 17.0. The van der Waals surface area contributed by atoms with Gasteiger partial charge in [-0.05, 0) is 29.8 Å². The van der Waals surface area contributed by atoms with E-state index in [9.17, 15) is 4.21 Å². The Morgan fingerprint density at radius 3 is 2.19 bits per heavy atom. The fraction of sp³-hybridized carbons (Fsp3) is 0.0769. The number of hydrogen-bond donors (Lipinski definition) is 0. The summed E-state index contributed by atoms with van der Waals surface area (Å²) in [5.41, 5.74) is 1.08. The lowest BCUT2D eigenvalue weighted by molar-refractivity contribution is 0.682. The first-order valence-electron chi connectivity index (χ1n) is 4.93.